The van der Waals surface area contributed by atoms with Crippen molar-refractivity contribution in [2.24, 2.45) is 0 Å². The van der Waals surface area contributed by atoms with Crippen molar-refractivity contribution in [2.75, 3.05) is 0 Å². The van der Waals surface area contributed by atoms with Gasteiger partial charge in [-0.2, -0.15) is 18.3 Å². The normalized spacial score (nSPS) is 12.2. The quantitative estimate of drug-likeness (QED) is 0.187. The lowest BCUT2D eigenvalue weighted by Crippen LogP contribution is -2.13. The minimum atomic E-state index is -4.60. The third-order valence-electron chi connectivity index (χ3n) is 6.95. The van der Waals surface area contributed by atoms with E-state index in [4.69, 9.17) is 16.3 Å². The molecule has 0 amide bonds. The van der Waals surface area contributed by atoms with Gasteiger partial charge in [0.2, 0.25) is 0 Å². The highest BCUT2D eigenvalue weighted by molar-refractivity contribution is 6.30. The predicted octanol–water partition coefficient (Wildman–Crippen LogP) is 9.75. The summed E-state index contributed by atoms with van der Waals surface area (Å²) in [7, 11) is 0. The first-order chi connectivity index (χ1) is 19.3. The number of ether oxygens (including phenoxy) is 1. The number of alkyl halides is 3. The maximum Gasteiger partial charge on any atom is 0.418 e. The largest absolute Gasteiger partial charge is 0.489 e. The van der Waals surface area contributed by atoms with Gasteiger partial charge in [-0.1, -0.05) is 80.9 Å². The van der Waals surface area contributed by atoms with Crippen LogP contribution in [-0.4, -0.2) is 9.78 Å². The van der Waals surface area contributed by atoms with Crippen molar-refractivity contribution < 1.29 is 22.3 Å². The molecule has 4 aromatic carbocycles. The van der Waals surface area contributed by atoms with Crippen molar-refractivity contribution in [3.8, 4) is 17.0 Å². The summed E-state index contributed by atoms with van der Waals surface area (Å²) in [6.07, 6.45) is -4.60. The highest BCUT2D eigenvalue weighted by Crippen LogP contribution is 2.39. The molecule has 0 bridgehead atoms. The Morgan fingerprint density at radius 3 is 2.34 bits per heavy atom. The molecule has 1 heterocycles. The van der Waals surface area contributed by atoms with Gasteiger partial charge in [-0.15, -0.1) is 0 Å². The van der Waals surface area contributed by atoms with Gasteiger partial charge < -0.3 is 4.74 Å². The summed E-state index contributed by atoms with van der Waals surface area (Å²) in [6, 6.07) is 21.7. The van der Waals surface area contributed by atoms with Gasteiger partial charge in [-0.25, -0.2) is 4.39 Å². The summed E-state index contributed by atoms with van der Waals surface area (Å²) in [4.78, 5) is 0. The van der Waals surface area contributed by atoms with Crippen molar-refractivity contribution in [1.29, 1.82) is 0 Å². The molecule has 0 saturated heterocycles. The number of benzene rings is 4. The summed E-state index contributed by atoms with van der Waals surface area (Å²) in [5.74, 6) is 0.223. The zero-order chi connectivity index (χ0) is 29.5. The Bertz CT molecular complexity index is 1730. The maximum absolute atomic E-state index is 14.7. The van der Waals surface area contributed by atoms with E-state index < -0.39 is 17.6 Å². The Kier molecular flexibility index (Phi) is 7.60. The molecule has 1 aromatic heterocycles. The SMILES string of the molecule is Cc1ccc(C(C)(C)C)c(OCc2cccc(-c3c4cccc(C(F)(F)F)c4nn3Cc3ccc(Cl)cc3F)c2)c1. The van der Waals surface area contributed by atoms with Gasteiger partial charge in [-0.05, 0) is 59.4 Å². The second-order valence-corrected chi connectivity index (χ2v) is 11.6. The number of aryl methyl sites for hydroxylation is 1. The zero-order valence-corrected chi connectivity index (χ0v) is 23.9. The highest BCUT2D eigenvalue weighted by atomic mass is 35.5. The number of hydrogen-bond donors (Lipinski definition) is 0. The highest BCUT2D eigenvalue weighted by Gasteiger charge is 2.34. The van der Waals surface area contributed by atoms with E-state index in [-0.39, 0.29) is 34.7 Å². The molecule has 0 atom stereocenters. The Hall–Kier alpha value is -3.84. The molecule has 0 fully saturated rings. The van der Waals surface area contributed by atoms with Crippen molar-refractivity contribution in [1.82, 2.24) is 9.78 Å². The van der Waals surface area contributed by atoms with Crippen LogP contribution in [0.25, 0.3) is 22.2 Å². The molecular formula is C33H29ClF4N2O. The molecule has 0 aliphatic rings. The second kappa shape index (κ2) is 10.9. The molecule has 0 aliphatic carbocycles. The predicted molar refractivity (Wildman–Crippen MR) is 155 cm³/mol. The lowest BCUT2D eigenvalue weighted by molar-refractivity contribution is -0.136. The van der Waals surface area contributed by atoms with Crippen LogP contribution in [0.15, 0.2) is 78.9 Å². The van der Waals surface area contributed by atoms with Crippen LogP contribution in [0.4, 0.5) is 17.6 Å². The van der Waals surface area contributed by atoms with Gasteiger partial charge in [0, 0.05) is 21.5 Å². The number of hydrogen-bond acceptors (Lipinski definition) is 2. The number of halogens is 5. The third-order valence-corrected chi connectivity index (χ3v) is 7.19. The fourth-order valence-corrected chi connectivity index (χ4v) is 5.11. The Balaban J connectivity index is 1.58. The lowest BCUT2D eigenvalue weighted by Gasteiger charge is -2.23. The zero-order valence-electron chi connectivity index (χ0n) is 23.1. The molecule has 0 saturated carbocycles. The van der Waals surface area contributed by atoms with Gasteiger partial charge in [0.15, 0.2) is 0 Å². The molecule has 212 valence electrons. The summed E-state index contributed by atoms with van der Waals surface area (Å²) < 4.78 is 64.2. The van der Waals surface area contributed by atoms with Crippen LogP contribution < -0.4 is 4.74 Å². The monoisotopic (exact) mass is 580 g/mol. The van der Waals surface area contributed by atoms with E-state index in [0.29, 0.717) is 16.6 Å². The molecule has 0 spiro atoms. The van der Waals surface area contributed by atoms with Crippen LogP contribution in [-0.2, 0) is 24.7 Å². The van der Waals surface area contributed by atoms with E-state index in [1.165, 1.54) is 22.9 Å². The van der Waals surface area contributed by atoms with Crippen LogP contribution in [0.2, 0.25) is 5.02 Å². The molecule has 0 aliphatic heterocycles. The van der Waals surface area contributed by atoms with E-state index in [2.05, 4.69) is 38.0 Å². The summed E-state index contributed by atoms with van der Waals surface area (Å²) in [5, 5.41) is 4.90. The Labute approximate surface area is 241 Å². The van der Waals surface area contributed by atoms with E-state index in [1.807, 2.05) is 37.3 Å². The number of fused-ring (bicyclic) bond motifs is 1. The van der Waals surface area contributed by atoms with Gasteiger partial charge in [0.25, 0.3) is 0 Å². The van der Waals surface area contributed by atoms with Crippen molar-refractivity contribution in [3.63, 3.8) is 0 Å². The topological polar surface area (TPSA) is 27.1 Å². The van der Waals surface area contributed by atoms with Gasteiger partial charge in [0.1, 0.15) is 23.7 Å². The first kappa shape index (κ1) is 28.7. The smallest absolute Gasteiger partial charge is 0.418 e. The molecule has 8 heteroatoms. The van der Waals surface area contributed by atoms with Crippen molar-refractivity contribution in [3.05, 3.63) is 118 Å². The van der Waals surface area contributed by atoms with Crippen molar-refractivity contribution in [2.45, 2.75) is 52.4 Å². The average molecular weight is 581 g/mol. The lowest BCUT2D eigenvalue weighted by atomic mass is 9.86. The minimum absolute atomic E-state index is 0.0801. The van der Waals surface area contributed by atoms with Crippen molar-refractivity contribution >= 4 is 22.5 Å². The average Bonchev–Trinajstić information content (AvgIpc) is 3.26. The van der Waals surface area contributed by atoms with Gasteiger partial charge in [-0.3, -0.25) is 4.68 Å². The molecule has 5 aromatic rings. The molecule has 0 unspecified atom stereocenters. The fraction of sp³-hybridized carbons (Fsp3) is 0.242. The molecule has 0 N–H and O–H groups in total. The Morgan fingerprint density at radius 2 is 1.63 bits per heavy atom. The maximum atomic E-state index is 14.7. The van der Waals surface area contributed by atoms with E-state index in [9.17, 15) is 17.6 Å². The van der Waals surface area contributed by atoms with Crippen LogP contribution >= 0.6 is 11.6 Å². The van der Waals surface area contributed by atoms with Crippen LogP contribution in [0, 0.1) is 12.7 Å². The van der Waals surface area contributed by atoms with Crippen LogP contribution in [0.5, 0.6) is 5.75 Å². The van der Waals surface area contributed by atoms with E-state index in [1.54, 1.807) is 12.1 Å². The second-order valence-electron chi connectivity index (χ2n) is 11.2. The molecule has 5 rings (SSSR count). The molecule has 3 nitrogen and oxygen atoms in total. The minimum Gasteiger partial charge on any atom is -0.489 e. The molecule has 41 heavy (non-hydrogen) atoms. The van der Waals surface area contributed by atoms with Gasteiger partial charge in [0.05, 0.1) is 17.8 Å². The van der Waals surface area contributed by atoms with Crippen LogP contribution in [0.3, 0.4) is 0 Å². The third kappa shape index (κ3) is 6.10. The van der Waals surface area contributed by atoms with E-state index >= 15 is 0 Å². The summed E-state index contributed by atoms with van der Waals surface area (Å²) in [6.45, 7) is 8.54. The molecule has 0 radical (unpaired) electrons. The first-order valence-corrected chi connectivity index (χ1v) is 13.5. The van der Waals surface area contributed by atoms with Gasteiger partial charge >= 0.3 is 6.18 Å². The summed E-state index contributed by atoms with van der Waals surface area (Å²) >= 11 is 5.92. The first-order valence-electron chi connectivity index (χ1n) is 13.1. The van der Waals surface area contributed by atoms with E-state index in [0.717, 1.165) is 28.5 Å². The number of nitrogens with zero attached hydrogens (tertiary/aromatic N) is 2. The molecular weight excluding hydrogens is 552 g/mol. The standard InChI is InChI=1S/C33H29ClF4N2O/c1-20-11-14-26(32(2,3)4)29(15-20)41-19-21-7-5-8-22(16-21)31-25-9-6-10-27(33(36,37)38)30(25)39-40(31)18-23-12-13-24(34)17-28(23)35/h5-17H,18-19H2,1-4H3. The number of rotatable bonds is 6. The Morgan fingerprint density at radius 1 is 0.878 bits per heavy atom. The number of aromatic nitrogens is 2. The fourth-order valence-electron chi connectivity index (χ4n) is 4.95. The van der Waals surface area contributed by atoms with Crippen LogP contribution in [0.1, 0.15) is 48.6 Å². The summed E-state index contributed by atoms with van der Waals surface area (Å²) in [5.41, 5.74) is 3.17.